The van der Waals surface area contributed by atoms with Crippen LogP contribution in [-0.2, 0) is 5.41 Å². The summed E-state index contributed by atoms with van der Waals surface area (Å²) in [6, 6.07) is 35.0. The molecule has 1 aliphatic carbocycles. The highest BCUT2D eigenvalue weighted by Gasteiger charge is 2.45. The Balaban J connectivity index is 1.33. The van der Waals surface area contributed by atoms with Gasteiger partial charge in [-0.3, -0.25) is 0 Å². The standard InChI is InChI=1S/C40H48O2S/c1-28(2)30-9-21-36(22-10-30)43-37-23-19-34(20-24-37)41-33-15-11-31(12-16-33)40(26-29(3)25-39(7,8)27-40)32-13-17-35(18-14-32)42-38(4,5)6/h9-24,28-29H,25-27H2,1-8H3. The lowest BCUT2D eigenvalue weighted by molar-refractivity contribution is 0.125. The zero-order valence-corrected chi connectivity index (χ0v) is 28.1. The highest BCUT2D eigenvalue weighted by Crippen LogP contribution is 2.54. The molecule has 226 valence electrons. The molecule has 4 aromatic carbocycles. The predicted molar refractivity (Wildman–Crippen MR) is 182 cm³/mol. The van der Waals surface area contributed by atoms with Gasteiger partial charge in [0.2, 0.25) is 0 Å². The quantitative estimate of drug-likeness (QED) is 0.203. The van der Waals surface area contributed by atoms with E-state index >= 15 is 0 Å². The molecule has 1 aliphatic rings. The van der Waals surface area contributed by atoms with Gasteiger partial charge in [0.1, 0.15) is 22.8 Å². The molecule has 0 amide bonds. The van der Waals surface area contributed by atoms with Gasteiger partial charge in [-0.15, -0.1) is 0 Å². The molecule has 43 heavy (non-hydrogen) atoms. The SMILES string of the molecule is CC1CC(C)(C)CC(c2ccc(Oc3ccc(Sc4ccc(C(C)C)cc4)cc3)cc2)(c2ccc(OC(C)(C)C)cc2)C1. The molecule has 0 heterocycles. The molecule has 1 saturated carbocycles. The summed E-state index contributed by atoms with van der Waals surface area (Å²) >= 11 is 1.78. The summed E-state index contributed by atoms with van der Waals surface area (Å²) < 4.78 is 12.5. The van der Waals surface area contributed by atoms with Crippen LogP contribution in [0.4, 0.5) is 0 Å². The molecule has 3 heteroatoms. The fourth-order valence-corrected chi connectivity index (χ4v) is 7.80. The average molecular weight is 593 g/mol. The van der Waals surface area contributed by atoms with Crippen LogP contribution in [0.3, 0.4) is 0 Å². The van der Waals surface area contributed by atoms with E-state index in [9.17, 15) is 0 Å². The van der Waals surface area contributed by atoms with Crippen LogP contribution >= 0.6 is 11.8 Å². The van der Waals surface area contributed by atoms with Crippen molar-refractivity contribution in [1.82, 2.24) is 0 Å². The van der Waals surface area contributed by atoms with E-state index in [0.29, 0.717) is 11.8 Å². The molecular formula is C40H48O2S. The molecule has 4 aromatic rings. The van der Waals surface area contributed by atoms with E-state index in [0.717, 1.165) is 30.1 Å². The second-order valence-electron chi connectivity index (χ2n) is 14.6. The van der Waals surface area contributed by atoms with E-state index in [4.69, 9.17) is 9.47 Å². The summed E-state index contributed by atoms with van der Waals surface area (Å²) in [5.41, 5.74) is 4.09. The molecule has 0 N–H and O–H groups in total. The smallest absolute Gasteiger partial charge is 0.127 e. The Kier molecular flexibility index (Phi) is 9.05. The Hall–Kier alpha value is -3.17. The van der Waals surface area contributed by atoms with Gasteiger partial charge < -0.3 is 9.47 Å². The molecule has 2 atom stereocenters. The van der Waals surface area contributed by atoms with Crippen LogP contribution in [-0.4, -0.2) is 5.60 Å². The van der Waals surface area contributed by atoms with Crippen molar-refractivity contribution >= 4 is 11.8 Å². The third-order valence-corrected chi connectivity index (χ3v) is 9.47. The Morgan fingerprint density at radius 3 is 1.60 bits per heavy atom. The van der Waals surface area contributed by atoms with Gasteiger partial charge in [-0.2, -0.15) is 0 Å². The Bertz CT molecular complexity index is 1480. The van der Waals surface area contributed by atoms with Crippen molar-refractivity contribution in [3.63, 3.8) is 0 Å². The summed E-state index contributed by atoms with van der Waals surface area (Å²) in [6.07, 6.45) is 3.50. The highest BCUT2D eigenvalue weighted by atomic mass is 32.2. The maximum Gasteiger partial charge on any atom is 0.127 e. The van der Waals surface area contributed by atoms with Crippen LogP contribution in [0.5, 0.6) is 17.2 Å². The van der Waals surface area contributed by atoms with E-state index in [1.807, 2.05) is 0 Å². The van der Waals surface area contributed by atoms with Crippen LogP contribution in [0.15, 0.2) is 107 Å². The first-order chi connectivity index (χ1) is 20.3. The maximum absolute atomic E-state index is 6.30. The number of hydrogen-bond acceptors (Lipinski definition) is 3. The molecule has 0 aromatic heterocycles. The summed E-state index contributed by atoms with van der Waals surface area (Å²) in [7, 11) is 0. The minimum Gasteiger partial charge on any atom is -0.488 e. The minimum absolute atomic E-state index is 0.0494. The molecule has 0 bridgehead atoms. The van der Waals surface area contributed by atoms with E-state index in [1.54, 1.807) is 11.8 Å². The first-order valence-corrected chi connectivity index (χ1v) is 16.6. The number of benzene rings is 4. The molecule has 0 spiro atoms. The van der Waals surface area contributed by atoms with E-state index in [2.05, 4.69) is 152 Å². The molecule has 0 aliphatic heterocycles. The van der Waals surface area contributed by atoms with Gasteiger partial charge in [0.15, 0.2) is 0 Å². The maximum atomic E-state index is 6.30. The molecule has 2 nitrogen and oxygen atoms in total. The van der Waals surface area contributed by atoms with E-state index < -0.39 is 0 Å². The number of hydrogen-bond donors (Lipinski definition) is 0. The second kappa shape index (κ2) is 12.4. The molecule has 0 saturated heterocycles. The summed E-state index contributed by atoms with van der Waals surface area (Å²) in [6.45, 7) is 18.0. The lowest BCUT2D eigenvalue weighted by Crippen LogP contribution is -2.41. The van der Waals surface area contributed by atoms with Gasteiger partial charge in [-0.25, -0.2) is 0 Å². The fourth-order valence-electron chi connectivity index (χ4n) is 6.98. The lowest BCUT2D eigenvalue weighted by Gasteiger charge is -2.48. The highest BCUT2D eigenvalue weighted by molar-refractivity contribution is 7.99. The zero-order valence-electron chi connectivity index (χ0n) is 27.2. The summed E-state index contributed by atoms with van der Waals surface area (Å²) in [5.74, 6) is 3.82. The average Bonchev–Trinajstić information content (AvgIpc) is 2.93. The van der Waals surface area contributed by atoms with Gasteiger partial charge in [0.05, 0.1) is 0 Å². The third kappa shape index (κ3) is 7.87. The summed E-state index contributed by atoms with van der Waals surface area (Å²) in [4.78, 5) is 2.45. The van der Waals surface area contributed by atoms with Gasteiger partial charge in [-0.05, 0) is 135 Å². The van der Waals surface area contributed by atoms with Crippen LogP contribution in [0.1, 0.15) is 97.3 Å². The second-order valence-corrected chi connectivity index (χ2v) is 15.7. The van der Waals surface area contributed by atoms with Crippen molar-refractivity contribution < 1.29 is 9.47 Å². The van der Waals surface area contributed by atoms with Crippen molar-refractivity contribution in [2.75, 3.05) is 0 Å². The molecule has 0 radical (unpaired) electrons. The van der Waals surface area contributed by atoms with Crippen LogP contribution in [0, 0.1) is 11.3 Å². The first-order valence-electron chi connectivity index (χ1n) is 15.8. The van der Waals surface area contributed by atoms with Crippen LogP contribution < -0.4 is 9.47 Å². The van der Waals surface area contributed by atoms with Gasteiger partial charge >= 0.3 is 0 Å². The fraction of sp³-hybridized carbons (Fsp3) is 0.400. The van der Waals surface area contributed by atoms with E-state index in [-0.39, 0.29) is 16.4 Å². The normalized spacial score (nSPS) is 20.2. The Morgan fingerprint density at radius 2 is 1.14 bits per heavy atom. The van der Waals surface area contributed by atoms with Crippen LogP contribution in [0.25, 0.3) is 0 Å². The number of rotatable bonds is 8. The van der Waals surface area contributed by atoms with Crippen molar-refractivity contribution in [3.05, 3.63) is 114 Å². The third-order valence-electron chi connectivity index (χ3n) is 8.46. The molecular weight excluding hydrogens is 545 g/mol. The minimum atomic E-state index is -0.213. The van der Waals surface area contributed by atoms with Crippen molar-refractivity contribution in [2.45, 2.75) is 101 Å². The lowest BCUT2D eigenvalue weighted by atomic mass is 9.55. The number of ether oxygens (including phenoxy) is 2. The Morgan fingerprint density at radius 1 is 0.674 bits per heavy atom. The van der Waals surface area contributed by atoms with Crippen molar-refractivity contribution in [2.24, 2.45) is 11.3 Å². The largest absolute Gasteiger partial charge is 0.488 e. The van der Waals surface area contributed by atoms with Gasteiger partial charge in [0.25, 0.3) is 0 Å². The Labute approximate surface area is 264 Å². The van der Waals surface area contributed by atoms with Crippen molar-refractivity contribution in [1.29, 1.82) is 0 Å². The topological polar surface area (TPSA) is 18.5 Å². The van der Waals surface area contributed by atoms with Crippen molar-refractivity contribution in [3.8, 4) is 17.2 Å². The first kappa shape index (κ1) is 31.3. The van der Waals surface area contributed by atoms with Gasteiger partial charge in [-0.1, -0.05) is 82.8 Å². The molecule has 1 fully saturated rings. The van der Waals surface area contributed by atoms with Gasteiger partial charge in [0, 0.05) is 15.2 Å². The monoisotopic (exact) mass is 592 g/mol. The van der Waals surface area contributed by atoms with Crippen LogP contribution in [0.2, 0.25) is 0 Å². The molecule has 2 unspecified atom stereocenters. The zero-order chi connectivity index (χ0) is 30.8. The van der Waals surface area contributed by atoms with E-state index in [1.165, 1.54) is 32.9 Å². The summed E-state index contributed by atoms with van der Waals surface area (Å²) in [5, 5.41) is 0. The molecule has 5 rings (SSSR count). The predicted octanol–water partition coefficient (Wildman–Crippen LogP) is 12.1.